The van der Waals surface area contributed by atoms with Crippen molar-refractivity contribution in [1.29, 1.82) is 0 Å². The van der Waals surface area contributed by atoms with Crippen molar-refractivity contribution in [2.75, 3.05) is 12.4 Å². The molecule has 0 rings (SSSR count). The lowest BCUT2D eigenvalue weighted by Gasteiger charge is -2.14. The highest BCUT2D eigenvalue weighted by molar-refractivity contribution is 7.80. The van der Waals surface area contributed by atoms with Crippen LogP contribution in [0, 0.1) is 0 Å². The van der Waals surface area contributed by atoms with Gasteiger partial charge in [-0.2, -0.15) is 12.6 Å². The van der Waals surface area contributed by atoms with E-state index in [-0.39, 0.29) is 11.7 Å². The molecular weight excluding hydrogens is 370 g/mol. The van der Waals surface area contributed by atoms with Gasteiger partial charge in [0.25, 0.3) is 0 Å². The molecule has 1 amide bonds. The fourth-order valence-corrected chi connectivity index (χ4v) is 3.29. The molecule has 0 aromatic heterocycles. The maximum Gasteiger partial charge on any atom is 0.329 e. The summed E-state index contributed by atoms with van der Waals surface area (Å²) in [5, 5.41) is 2.70. The number of hydrogen-bond acceptors (Lipinski definition) is 4. The summed E-state index contributed by atoms with van der Waals surface area (Å²) < 4.78 is 4.92. The monoisotopic (exact) mass is 413 g/mol. The molecule has 0 aromatic rings. The average molecular weight is 414 g/mol. The van der Waals surface area contributed by atoms with Crippen molar-refractivity contribution < 1.29 is 14.3 Å². The highest BCUT2D eigenvalue weighted by Gasteiger charge is 2.19. The Morgan fingerprint density at radius 1 is 0.857 bits per heavy atom. The number of unbranched alkanes of at least 4 members (excludes halogenated alkanes) is 11. The van der Waals surface area contributed by atoms with E-state index in [1.165, 1.54) is 64.2 Å². The minimum atomic E-state index is -0.640. The summed E-state index contributed by atoms with van der Waals surface area (Å²) in [6.07, 6.45) is 21.2. The first-order valence-corrected chi connectivity index (χ1v) is 12.0. The number of amides is 1. The second kappa shape index (κ2) is 20.8. The Morgan fingerprint density at radius 3 is 1.93 bits per heavy atom. The Kier molecular flexibility index (Phi) is 20.0. The van der Waals surface area contributed by atoms with Crippen LogP contribution in [0.2, 0.25) is 0 Å². The summed E-state index contributed by atoms with van der Waals surface area (Å²) in [6.45, 7) is 4.32. The van der Waals surface area contributed by atoms with Gasteiger partial charge < -0.3 is 10.1 Å². The summed E-state index contributed by atoms with van der Waals surface area (Å²) in [5.41, 5.74) is 0. The standard InChI is InChI=1S/C23H43NO3S/c1-3-5-6-7-8-9-10-11-12-13-14-15-16-17-18-19-22(25)24-21(20-28)23(26)27-4-2/h11-12,21,28H,3-10,13-20H2,1-2H3,(H,24,25)/t21-/m0/s1. The van der Waals surface area contributed by atoms with E-state index in [0.29, 0.717) is 13.0 Å². The first-order valence-electron chi connectivity index (χ1n) is 11.4. The third-order valence-corrected chi connectivity index (χ3v) is 5.12. The topological polar surface area (TPSA) is 55.4 Å². The van der Waals surface area contributed by atoms with Crippen LogP contribution in [-0.2, 0) is 14.3 Å². The molecule has 1 N–H and O–H groups in total. The molecule has 0 bridgehead atoms. The van der Waals surface area contributed by atoms with E-state index in [9.17, 15) is 9.59 Å². The molecule has 0 aliphatic heterocycles. The number of hydrogen-bond donors (Lipinski definition) is 2. The molecular formula is C23H43NO3S. The number of thiol groups is 1. The van der Waals surface area contributed by atoms with E-state index in [0.717, 1.165) is 19.3 Å². The van der Waals surface area contributed by atoms with Gasteiger partial charge in [-0.15, -0.1) is 0 Å². The first-order chi connectivity index (χ1) is 13.7. The van der Waals surface area contributed by atoms with Crippen LogP contribution in [0.4, 0.5) is 0 Å². The molecule has 0 aliphatic rings. The second-order valence-corrected chi connectivity index (χ2v) is 7.75. The zero-order chi connectivity index (χ0) is 20.9. The minimum Gasteiger partial charge on any atom is -0.464 e. The van der Waals surface area contributed by atoms with Crippen LogP contribution >= 0.6 is 12.6 Å². The third-order valence-electron chi connectivity index (χ3n) is 4.75. The van der Waals surface area contributed by atoms with Crippen molar-refractivity contribution in [3.05, 3.63) is 12.2 Å². The van der Waals surface area contributed by atoms with Crippen molar-refractivity contribution in [3.63, 3.8) is 0 Å². The van der Waals surface area contributed by atoms with Crippen molar-refractivity contribution in [2.24, 2.45) is 0 Å². The highest BCUT2D eigenvalue weighted by atomic mass is 32.1. The van der Waals surface area contributed by atoms with Crippen molar-refractivity contribution in [2.45, 2.75) is 110 Å². The number of rotatable bonds is 19. The fourth-order valence-electron chi connectivity index (χ4n) is 3.04. The lowest BCUT2D eigenvalue weighted by Crippen LogP contribution is -2.43. The molecule has 0 aliphatic carbocycles. The van der Waals surface area contributed by atoms with Gasteiger partial charge in [-0.3, -0.25) is 4.79 Å². The zero-order valence-corrected chi connectivity index (χ0v) is 19.1. The normalized spacial score (nSPS) is 12.2. The van der Waals surface area contributed by atoms with Crippen LogP contribution < -0.4 is 5.32 Å². The van der Waals surface area contributed by atoms with Crippen molar-refractivity contribution in [3.8, 4) is 0 Å². The summed E-state index contributed by atoms with van der Waals surface area (Å²) in [7, 11) is 0. The van der Waals surface area contributed by atoms with Gasteiger partial charge in [-0.05, 0) is 39.0 Å². The van der Waals surface area contributed by atoms with Gasteiger partial charge >= 0.3 is 5.97 Å². The SMILES string of the molecule is CCCCCCCCC=CCCCCCCCC(=O)N[C@@H](CS)C(=O)OCC. The van der Waals surface area contributed by atoms with E-state index in [1.807, 2.05) is 0 Å². The molecule has 0 fully saturated rings. The molecule has 164 valence electrons. The zero-order valence-electron chi connectivity index (χ0n) is 18.2. The van der Waals surface area contributed by atoms with E-state index >= 15 is 0 Å². The quantitative estimate of drug-likeness (QED) is 0.118. The molecule has 0 aromatic carbocycles. The van der Waals surface area contributed by atoms with Crippen LogP contribution in [0.1, 0.15) is 104 Å². The first kappa shape index (κ1) is 27.0. The molecule has 4 nitrogen and oxygen atoms in total. The molecule has 0 unspecified atom stereocenters. The van der Waals surface area contributed by atoms with Gasteiger partial charge in [-0.25, -0.2) is 4.79 Å². The van der Waals surface area contributed by atoms with Gasteiger partial charge in [0.1, 0.15) is 6.04 Å². The second-order valence-electron chi connectivity index (χ2n) is 7.39. The lowest BCUT2D eigenvalue weighted by molar-refractivity contribution is -0.146. The molecule has 28 heavy (non-hydrogen) atoms. The molecule has 0 saturated heterocycles. The largest absolute Gasteiger partial charge is 0.464 e. The van der Waals surface area contributed by atoms with E-state index in [2.05, 4.69) is 37.0 Å². The molecule has 0 spiro atoms. The number of nitrogens with one attached hydrogen (secondary N) is 1. The van der Waals surface area contributed by atoms with Gasteiger partial charge in [-0.1, -0.05) is 70.4 Å². The number of esters is 1. The third kappa shape index (κ3) is 17.2. The maximum absolute atomic E-state index is 11.9. The minimum absolute atomic E-state index is 0.0928. The van der Waals surface area contributed by atoms with Crippen LogP contribution in [0.5, 0.6) is 0 Å². The number of allylic oxidation sites excluding steroid dienone is 2. The molecule has 0 radical (unpaired) electrons. The molecule has 5 heteroatoms. The van der Waals surface area contributed by atoms with Crippen LogP contribution in [0.15, 0.2) is 12.2 Å². The number of carbonyl (C=O) groups excluding carboxylic acids is 2. The Hall–Kier alpha value is -0.970. The Labute approximate surface area is 178 Å². The van der Waals surface area contributed by atoms with E-state index < -0.39 is 12.0 Å². The van der Waals surface area contributed by atoms with Crippen LogP contribution in [-0.4, -0.2) is 30.3 Å². The predicted octanol–water partition coefficient (Wildman–Crippen LogP) is 6.00. The molecule has 0 saturated carbocycles. The predicted molar refractivity (Wildman–Crippen MR) is 122 cm³/mol. The van der Waals surface area contributed by atoms with Gasteiger partial charge in [0.15, 0.2) is 0 Å². The Bertz CT molecular complexity index is 413. The van der Waals surface area contributed by atoms with Crippen LogP contribution in [0.3, 0.4) is 0 Å². The summed E-state index contributed by atoms with van der Waals surface area (Å²) in [5.74, 6) is -0.239. The summed E-state index contributed by atoms with van der Waals surface area (Å²) in [4.78, 5) is 23.5. The van der Waals surface area contributed by atoms with E-state index in [1.54, 1.807) is 6.92 Å². The van der Waals surface area contributed by atoms with Crippen molar-refractivity contribution >= 4 is 24.5 Å². The van der Waals surface area contributed by atoms with Gasteiger partial charge in [0.05, 0.1) is 6.61 Å². The summed E-state index contributed by atoms with van der Waals surface area (Å²) >= 11 is 4.10. The lowest BCUT2D eigenvalue weighted by atomic mass is 10.1. The highest BCUT2D eigenvalue weighted by Crippen LogP contribution is 2.10. The Balaban J connectivity index is 3.48. The van der Waals surface area contributed by atoms with Gasteiger partial charge in [0, 0.05) is 12.2 Å². The summed E-state index contributed by atoms with van der Waals surface area (Å²) in [6, 6.07) is -0.640. The van der Waals surface area contributed by atoms with Gasteiger partial charge in [0.2, 0.25) is 5.91 Å². The smallest absolute Gasteiger partial charge is 0.329 e. The number of ether oxygens (including phenoxy) is 1. The Morgan fingerprint density at radius 2 is 1.39 bits per heavy atom. The number of carbonyl (C=O) groups is 2. The average Bonchev–Trinajstić information content (AvgIpc) is 2.69. The maximum atomic E-state index is 11.9. The van der Waals surface area contributed by atoms with Crippen molar-refractivity contribution in [1.82, 2.24) is 5.32 Å². The molecule has 0 heterocycles. The molecule has 1 atom stereocenters. The van der Waals surface area contributed by atoms with E-state index in [4.69, 9.17) is 4.74 Å². The van der Waals surface area contributed by atoms with Crippen LogP contribution in [0.25, 0.3) is 0 Å². The fraction of sp³-hybridized carbons (Fsp3) is 0.826.